The molecule has 0 atom stereocenters. The standard InChI is InChI=1S/C26H24N2O/c1-3-28(4-2)23-15-13-22(14-16-23)27-18-26(29)21-12-11-20-10-9-19-7-5-6-8-24(19)25(20)17-21/h5-18H,3-4H2,1-2H3. The van der Waals surface area contributed by atoms with E-state index >= 15 is 0 Å². The third-order valence-corrected chi connectivity index (χ3v) is 5.34. The Hall–Kier alpha value is -3.46. The third kappa shape index (κ3) is 3.90. The van der Waals surface area contributed by atoms with E-state index in [0.29, 0.717) is 5.56 Å². The summed E-state index contributed by atoms with van der Waals surface area (Å²) in [5.74, 6) is -0.0901. The summed E-state index contributed by atoms with van der Waals surface area (Å²) in [4.78, 5) is 19.4. The molecular formula is C26H24N2O. The van der Waals surface area contributed by atoms with Crippen LogP contribution in [0.5, 0.6) is 0 Å². The number of hydrogen-bond acceptors (Lipinski definition) is 3. The van der Waals surface area contributed by atoms with Crippen LogP contribution < -0.4 is 4.90 Å². The molecule has 4 aromatic rings. The third-order valence-electron chi connectivity index (χ3n) is 5.34. The molecule has 4 aromatic carbocycles. The number of anilines is 1. The minimum Gasteiger partial charge on any atom is -0.372 e. The fourth-order valence-corrected chi connectivity index (χ4v) is 3.70. The number of hydrogen-bond donors (Lipinski definition) is 0. The van der Waals surface area contributed by atoms with Gasteiger partial charge in [-0.25, -0.2) is 0 Å². The Balaban J connectivity index is 1.59. The molecule has 0 amide bonds. The van der Waals surface area contributed by atoms with Crippen LogP contribution in [0.2, 0.25) is 0 Å². The normalized spacial score (nSPS) is 11.4. The van der Waals surface area contributed by atoms with E-state index in [1.807, 2.05) is 54.6 Å². The van der Waals surface area contributed by atoms with Crippen LogP contribution in [0, 0.1) is 0 Å². The number of aliphatic imine (C=N–C) groups is 1. The Bertz CT molecular complexity index is 1190. The SMILES string of the molecule is CCN(CC)c1ccc(N=CC(=O)c2ccc3ccc4ccccc4c3c2)cc1. The number of rotatable bonds is 6. The summed E-state index contributed by atoms with van der Waals surface area (Å²) in [7, 11) is 0. The summed E-state index contributed by atoms with van der Waals surface area (Å²) in [6.07, 6.45) is 1.42. The predicted molar refractivity (Wildman–Crippen MR) is 124 cm³/mol. The van der Waals surface area contributed by atoms with E-state index in [1.165, 1.54) is 17.3 Å². The molecule has 3 nitrogen and oxygen atoms in total. The van der Waals surface area contributed by atoms with Gasteiger partial charge < -0.3 is 4.90 Å². The van der Waals surface area contributed by atoms with E-state index in [-0.39, 0.29) is 5.78 Å². The van der Waals surface area contributed by atoms with Crippen LogP contribution in [0.25, 0.3) is 21.5 Å². The summed E-state index contributed by atoms with van der Waals surface area (Å²) in [6.45, 7) is 6.21. The molecule has 0 aliphatic rings. The van der Waals surface area contributed by atoms with Crippen molar-refractivity contribution in [2.24, 2.45) is 4.99 Å². The van der Waals surface area contributed by atoms with E-state index < -0.39 is 0 Å². The lowest BCUT2D eigenvalue weighted by molar-refractivity contribution is 0.107. The van der Waals surface area contributed by atoms with Crippen molar-refractivity contribution in [2.45, 2.75) is 13.8 Å². The molecule has 29 heavy (non-hydrogen) atoms. The molecule has 0 N–H and O–H groups in total. The van der Waals surface area contributed by atoms with Crippen LogP contribution in [0.1, 0.15) is 24.2 Å². The molecule has 3 heteroatoms. The highest BCUT2D eigenvalue weighted by Gasteiger charge is 2.07. The number of benzene rings is 4. The monoisotopic (exact) mass is 380 g/mol. The second-order valence-corrected chi connectivity index (χ2v) is 7.03. The molecule has 0 bridgehead atoms. The lowest BCUT2D eigenvalue weighted by Crippen LogP contribution is -2.21. The maximum atomic E-state index is 12.7. The molecule has 0 aliphatic carbocycles. The molecule has 144 valence electrons. The van der Waals surface area contributed by atoms with Crippen molar-refractivity contribution in [1.29, 1.82) is 0 Å². The molecule has 0 spiro atoms. The summed E-state index contributed by atoms with van der Waals surface area (Å²) < 4.78 is 0. The van der Waals surface area contributed by atoms with Crippen molar-refractivity contribution < 1.29 is 4.79 Å². The second kappa shape index (κ2) is 8.27. The van der Waals surface area contributed by atoms with Crippen molar-refractivity contribution in [3.05, 3.63) is 84.4 Å². The first-order valence-electron chi connectivity index (χ1n) is 10.0. The summed E-state index contributed by atoms with van der Waals surface area (Å²) in [6, 6.07) is 26.3. The van der Waals surface area contributed by atoms with Gasteiger partial charge in [0.2, 0.25) is 5.78 Å². The van der Waals surface area contributed by atoms with Crippen molar-refractivity contribution in [3.63, 3.8) is 0 Å². The van der Waals surface area contributed by atoms with Crippen molar-refractivity contribution in [3.8, 4) is 0 Å². The predicted octanol–water partition coefficient (Wildman–Crippen LogP) is 6.42. The van der Waals surface area contributed by atoms with Crippen LogP contribution >= 0.6 is 0 Å². The van der Waals surface area contributed by atoms with Crippen LogP contribution in [0.4, 0.5) is 11.4 Å². The summed E-state index contributed by atoms with van der Waals surface area (Å²) >= 11 is 0. The molecule has 0 unspecified atom stereocenters. The zero-order valence-electron chi connectivity index (χ0n) is 16.8. The lowest BCUT2D eigenvalue weighted by atomic mass is 9.99. The highest BCUT2D eigenvalue weighted by atomic mass is 16.1. The van der Waals surface area contributed by atoms with Gasteiger partial charge in [0.15, 0.2) is 0 Å². The molecule has 0 heterocycles. The Morgan fingerprint density at radius 3 is 2.21 bits per heavy atom. The van der Waals surface area contributed by atoms with Gasteiger partial charge in [-0.1, -0.05) is 48.5 Å². The molecule has 0 fully saturated rings. The summed E-state index contributed by atoms with van der Waals surface area (Å²) in [5, 5.41) is 4.55. The molecular weight excluding hydrogens is 356 g/mol. The fraction of sp³-hybridized carbons (Fsp3) is 0.154. The van der Waals surface area contributed by atoms with Gasteiger partial charge >= 0.3 is 0 Å². The lowest BCUT2D eigenvalue weighted by Gasteiger charge is -2.20. The van der Waals surface area contributed by atoms with Crippen LogP contribution in [0.3, 0.4) is 0 Å². The number of fused-ring (bicyclic) bond motifs is 3. The Labute approximate surface area is 171 Å². The smallest absolute Gasteiger partial charge is 0.204 e. The Morgan fingerprint density at radius 2 is 1.48 bits per heavy atom. The van der Waals surface area contributed by atoms with Gasteiger partial charge in [-0.3, -0.25) is 9.79 Å². The highest BCUT2D eigenvalue weighted by molar-refractivity contribution is 6.36. The molecule has 0 aliphatic heterocycles. The first-order valence-corrected chi connectivity index (χ1v) is 10.0. The largest absolute Gasteiger partial charge is 0.372 e. The molecule has 0 saturated carbocycles. The van der Waals surface area contributed by atoms with Gasteiger partial charge in [-0.15, -0.1) is 0 Å². The number of nitrogens with zero attached hydrogens (tertiary/aromatic N) is 2. The number of carbonyl (C=O) groups excluding carboxylic acids is 1. The van der Waals surface area contributed by atoms with Crippen LogP contribution in [0.15, 0.2) is 83.9 Å². The number of ketones is 1. The van der Waals surface area contributed by atoms with E-state index in [4.69, 9.17) is 0 Å². The van der Waals surface area contributed by atoms with Gasteiger partial charge in [0.1, 0.15) is 0 Å². The summed E-state index contributed by atoms with van der Waals surface area (Å²) in [5.41, 5.74) is 2.60. The molecule has 0 radical (unpaired) electrons. The van der Waals surface area contributed by atoms with Gasteiger partial charge in [0, 0.05) is 24.3 Å². The van der Waals surface area contributed by atoms with Crippen LogP contribution in [-0.2, 0) is 0 Å². The average molecular weight is 380 g/mol. The quantitative estimate of drug-likeness (QED) is 0.219. The molecule has 0 aromatic heterocycles. The van der Waals surface area contributed by atoms with Crippen molar-refractivity contribution in [1.82, 2.24) is 0 Å². The Morgan fingerprint density at radius 1 is 0.828 bits per heavy atom. The maximum absolute atomic E-state index is 12.7. The van der Waals surface area contributed by atoms with E-state index in [9.17, 15) is 4.79 Å². The first kappa shape index (κ1) is 18.9. The van der Waals surface area contributed by atoms with E-state index in [2.05, 4.69) is 48.0 Å². The minimum absolute atomic E-state index is 0.0901. The second-order valence-electron chi connectivity index (χ2n) is 7.03. The highest BCUT2D eigenvalue weighted by Crippen LogP contribution is 2.26. The van der Waals surface area contributed by atoms with E-state index in [0.717, 1.165) is 34.9 Å². The minimum atomic E-state index is -0.0901. The average Bonchev–Trinajstić information content (AvgIpc) is 2.78. The van der Waals surface area contributed by atoms with Gasteiger partial charge in [0.25, 0.3) is 0 Å². The van der Waals surface area contributed by atoms with Gasteiger partial charge in [0.05, 0.1) is 11.9 Å². The number of Topliss-reactive ketones (excluding diaryl/α,β-unsaturated/α-hetero) is 1. The zero-order chi connectivity index (χ0) is 20.2. The fourth-order valence-electron chi connectivity index (χ4n) is 3.70. The molecule has 4 rings (SSSR count). The van der Waals surface area contributed by atoms with Crippen molar-refractivity contribution in [2.75, 3.05) is 18.0 Å². The van der Waals surface area contributed by atoms with E-state index in [1.54, 1.807) is 0 Å². The van der Waals surface area contributed by atoms with Gasteiger partial charge in [-0.05, 0) is 65.7 Å². The Kier molecular flexibility index (Phi) is 5.39. The van der Waals surface area contributed by atoms with Gasteiger partial charge in [-0.2, -0.15) is 0 Å². The first-order chi connectivity index (χ1) is 14.2. The zero-order valence-corrected chi connectivity index (χ0v) is 16.8. The maximum Gasteiger partial charge on any atom is 0.204 e. The van der Waals surface area contributed by atoms with Crippen LogP contribution in [-0.4, -0.2) is 25.1 Å². The topological polar surface area (TPSA) is 32.7 Å². The number of carbonyl (C=O) groups is 1. The molecule has 0 saturated heterocycles. The van der Waals surface area contributed by atoms with Crippen molar-refractivity contribution >= 4 is 44.9 Å².